The highest BCUT2D eigenvalue weighted by Gasteiger charge is 2.22. The number of allylic oxidation sites excluding steroid dienone is 1. The molecule has 0 bridgehead atoms. The summed E-state index contributed by atoms with van der Waals surface area (Å²) in [6.07, 6.45) is 4.00. The molecule has 1 fully saturated rings. The number of nitrogens with two attached hydrogens (primary N) is 1. The molecule has 0 saturated carbocycles. The number of hydrogen-bond acceptors (Lipinski definition) is 3. The monoisotopic (exact) mass is 454 g/mol. The van der Waals surface area contributed by atoms with Gasteiger partial charge in [-0.05, 0) is 104 Å². The molecule has 1 heterocycles. The molecule has 3 aromatic carbocycles. The Morgan fingerprint density at radius 2 is 1.44 bits per heavy atom. The molecule has 0 unspecified atom stereocenters. The molecule has 3 heteroatoms. The lowest BCUT2D eigenvalue weighted by molar-refractivity contribution is 0.172. The number of nitrogen functional groups attached to an aromatic ring is 1. The van der Waals surface area contributed by atoms with Crippen LogP contribution in [0.25, 0.3) is 11.1 Å². The molecule has 0 spiro atoms. The molecule has 34 heavy (non-hydrogen) atoms. The van der Waals surface area contributed by atoms with E-state index in [1.54, 1.807) is 0 Å². The topological polar surface area (TPSA) is 49.5 Å². The van der Waals surface area contributed by atoms with Crippen LogP contribution in [0.2, 0.25) is 0 Å². The van der Waals surface area contributed by atoms with Crippen molar-refractivity contribution in [2.75, 3.05) is 25.4 Å². The van der Waals surface area contributed by atoms with E-state index in [9.17, 15) is 5.11 Å². The number of piperidine rings is 1. The normalized spacial score (nSPS) is 16.0. The molecule has 3 aromatic rings. The summed E-state index contributed by atoms with van der Waals surface area (Å²) in [5.41, 5.74) is 14.3. The minimum atomic E-state index is 0.180. The van der Waals surface area contributed by atoms with E-state index in [1.807, 2.05) is 12.1 Å². The Balaban J connectivity index is 1.72. The third-order valence-corrected chi connectivity index (χ3v) is 7.14. The Kier molecular flexibility index (Phi) is 8.21. The Morgan fingerprint density at radius 3 is 2.00 bits per heavy atom. The SMILES string of the molecule is CC(C)N1CCC(c2ccc(/C(=C(/CCCO)c3ccccc3)c3ccc(N)cc3)cc2)CC1. The Bertz CT molecular complexity index is 1060. The second-order valence-electron chi connectivity index (χ2n) is 9.69. The molecule has 1 saturated heterocycles. The molecule has 0 amide bonds. The minimum absolute atomic E-state index is 0.180. The highest BCUT2D eigenvalue weighted by atomic mass is 16.2. The van der Waals surface area contributed by atoms with Gasteiger partial charge in [-0.3, -0.25) is 0 Å². The highest BCUT2D eigenvalue weighted by Crippen LogP contribution is 2.37. The quantitative estimate of drug-likeness (QED) is 0.298. The number of nitrogens with zero attached hydrogens (tertiary/aromatic N) is 1. The van der Waals surface area contributed by atoms with E-state index in [0.29, 0.717) is 12.0 Å². The van der Waals surface area contributed by atoms with E-state index in [4.69, 9.17) is 5.73 Å². The fraction of sp³-hybridized carbons (Fsp3) is 0.355. The molecule has 3 N–H and O–H groups in total. The molecule has 0 aliphatic carbocycles. The number of anilines is 1. The average molecular weight is 455 g/mol. The predicted molar refractivity (Wildman–Crippen MR) is 145 cm³/mol. The van der Waals surface area contributed by atoms with Crippen molar-refractivity contribution in [2.45, 2.75) is 51.5 Å². The van der Waals surface area contributed by atoms with Crippen molar-refractivity contribution in [3.8, 4) is 0 Å². The first kappa shape index (κ1) is 24.3. The average Bonchev–Trinajstić information content (AvgIpc) is 2.88. The summed E-state index contributed by atoms with van der Waals surface area (Å²) in [7, 11) is 0. The predicted octanol–water partition coefficient (Wildman–Crippen LogP) is 6.59. The fourth-order valence-electron chi connectivity index (χ4n) is 5.14. The lowest BCUT2D eigenvalue weighted by atomic mass is 9.85. The van der Waals surface area contributed by atoms with Gasteiger partial charge >= 0.3 is 0 Å². The smallest absolute Gasteiger partial charge is 0.0434 e. The molecule has 1 aliphatic rings. The molecule has 0 atom stereocenters. The second kappa shape index (κ2) is 11.5. The van der Waals surface area contributed by atoms with Crippen LogP contribution in [0, 0.1) is 0 Å². The summed E-state index contributed by atoms with van der Waals surface area (Å²) in [5, 5.41) is 9.61. The van der Waals surface area contributed by atoms with Crippen LogP contribution in [-0.4, -0.2) is 35.7 Å². The number of rotatable bonds is 8. The Hall–Kier alpha value is -2.88. The third-order valence-electron chi connectivity index (χ3n) is 7.14. The fourth-order valence-corrected chi connectivity index (χ4v) is 5.14. The van der Waals surface area contributed by atoms with Gasteiger partial charge in [0.1, 0.15) is 0 Å². The van der Waals surface area contributed by atoms with Gasteiger partial charge < -0.3 is 15.7 Å². The van der Waals surface area contributed by atoms with Crippen LogP contribution in [0.1, 0.15) is 67.7 Å². The summed E-state index contributed by atoms with van der Waals surface area (Å²) >= 11 is 0. The van der Waals surface area contributed by atoms with Crippen molar-refractivity contribution in [1.82, 2.24) is 4.90 Å². The maximum absolute atomic E-state index is 9.61. The molecule has 3 nitrogen and oxygen atoms in total. The first-order valence-corrected chi connectivity index (χ1v) is 12.7. The lowest BCUT2D eigenvalue weighted by Gasteiger charge is -2.34. The first-order chi connectivity index (χ1) is 16.6. The summed E-state index contributed by atoms with van der Waals surface area (Å²) in [6.45, 7) is 7.13. The molecular weight excluding hydrogens is 416 g/mol. The zero-order valence-electron chi connectivity index (χ0n) is 20.6. The van der Waals surface area contributed by atoms with Crippen LogP contribution in [0.3, 0.4) is 0 Å². The van der Waals surface area contributed by atoms with Crippen molar-refractivity contribution >= 4 is 16.8 Å². The van der Waals surface area contributed by atoms with Gasteiger partial charge in [0.05, 0.1) is 0 Å². The zero-order valence-corrected chi connectivity index (χ0v) is 20.6. The number of likely N-dealkylation sites (tertiary alicyclic amines) is 1. The van der Waals surface area contributed by atoms with Crippen molar-refractivity contribution in [2.24, 2.45) is 0 Å². The van der Waals surface area contributed by atoms with Crippen molar-refractivity contribution in [3.05, 3.63) is 101 Å². The molecule has 178 valence electrons. The molecule has 1 aliphatic heterocycles. The van der Waals surface area contributed by atoms with Crippen LogP contribution in [0.4, 0.5) is 5.69 Å². The van der Waals surface area contributed by atoms with Crippen LogP contribution in [-0.2, 0) is 0 Å². The maximum atomic E-state index is 9.61. The largest absolute Gasteiger partial charge is 0.399 e. The Morgan fingerprint density at radius 1 is 0.853 bits per heavy atom. The van der Waals surface area contributed by atoms with Gasteiger partial charge in [0, 0.05) is 18.3 Å². The number of benzene rings is 3. The van der Waals surface area contributed by atoms with E-state index < -0.39 is 0 Å². The summed E-state index contributed by atoms with van der Waals surface area (Å²) in [5.74, 6) is 0.635. The molecule has 0 aromatic heterocycles. The van der Waals surface area contributed by atoms with Crippen molar-refractivity contribution in [1.29, 1.82) is 0 Å². The van der Waals surface area contributed by atoms with Gasteiger partial charge in [0.2, 0.25) is 0 Å². The van der Waals surface area contributed by atoms with Crippen LogP contribution in [0.15, 0.2) is 78.9 Å². The molecular formula is C31H38N2O. The van der Waals surface area contributed by atoms with Gasteiger partial charge in [-0.15, -0.1) is 0 Å². The standard InChI is InChI=1S/C31H38N2O/c1-23(2)33-20-18-25(19-21-33)24-10-12-27(13-11-24)31(28-14-16-29(32)17-15-28)30(9-6-22-34)26-7-4-3-5-8-26/h3-5,7-8,10-17,23,25,34H,6,9,18-22,32H2,1-2H3/b31-30+. The van der Waals surface area contributed by atoms with E-state index >= 15 is 0 Å². The van der Waals surface area contributed by atoms with E-state index in [0.717, 1.165) is 24.1 Å². The summed E-state index contributed by atoms with van der Waals surface area (Å²) < 4.78 is 0. The van der Waals surface area contributed by atoms with E-state index in [-0.39, 0.29) is 6.61 Å². The third kappa shape index (κ3) is 5.78. The zero-order chi connectivity index (χ0) is 23.9. The molecule has 4 rings (SSSR count). The van der Waals surface area contributed by atoms with Gasteiger partial charge in [-0.2, -0.15) is 0 Å². The minimum Gasteiger partial charge on any atom is -0.399 e. The van der Waals surface area contributed by atoms with E-state index in [2.05, 4.69) is 85.5 Å². The van der Waals surface area contributed by atoms with Crippen LogP contribution in [0.5, 0.6) is 0 Å². The lowest BCUT2D eigenvalue weighted by Crippen LogP contribution is -2.37. The van der Waals surface area contributed by atoms with Crippen LogP contribution >= 0.6 is 0 Å². The maximum Gasteiger partial charge on any atom is 0.0434 e. The second-order valence-corrected chi connectivity index (χ2v) is 9.69. The van der Waals surface area contributed by atoms with Crippen LogP contribution < -0.4 is 5.73 Å². The molecule has 0 radical (unpaired) electrons. The summed E-state index contributed by atoms with van der Waals surface area (Å²) in [4.78, 5) is 2.58. The van der Waals surface area contributed by atoms with Gasteiger partial charge in [-0.25, -0.2) is 0 Å². The summed E-state index contributed by atoms with van der Waals surface area (Å²) in [6, 6.07) is 28.6. The number of aliphatic hydroxyl groups is 1. The van der Waals surface area contributed by atoms with Gasteiger partial charge in [0.25, 0.3) is 0 Å². The van der Waals surface area contributed by atoms with E-state index in [1.165, 1.54) is 53.8 Å². The van der Waals surface area contributed by atoms with Crippen molar-refractivity contribution < 1.29 is 5.11 Å². The van der Waals surface area contributed by atoms with Gasteiger partial charge in [-0.1, -0.05) is 66.7 Å². The number of hydrogen-bond donors (Lipinski definition) is 2. The van der Waals surface area contributed by atoms with Gasteiger partial charge in [0.15, 0.2) is 0 Å². The highest BCUT2D eigenvalue weighted by molar-refractivity contribution is 5.98. The Labute approximate surface area is 204 Å². The first-order valence-electron chi connectivity index (χ1n) is 12.7. The van der Waals surface area contributed by atoms with Crippen molar-refractivity contribution in [3.63, 3.8) is 0 Å². The number of aliphatic hydroxyl groups excluding tert-OH is 1.